The first-order valence-corrected chi connectivity index (χ1v) is 11.0. The number of carbonyl (C=O) groups excluding carboxylic acids is 1. The molecule has 4 aliphatic rings. The summed E-state index contributed by atoms with van der Waals surface area (Å²) < 4.78 is 5.77. The first-order chi connectivity index (χ1) is 12.1. The molecule has 26 heavy (non-hydrogen) atoms. The van der Waals surface area contributed by atoms with E-state index in [0.29, 0.717) is 17.3 Å². The normalized spacial score (nSPS) is 52.5. The molecule has 4 saturated carbocycles. The SMILES string of the molecule is CC(=O)OC1CC[C@H]2[C@@H]3CCC4C(C)(C)C(O)CC[C@]4(C)[C@H]3CC[C@]12C. The molecule has 3 nitrogen and oxygen atoms in total. The molecule has 4 aliphatic carbocycles. The summed E-state index contributed by atoms with van der Waals surface area (Å²) in [6.07, 6.45) is 9.42. The van der Waals surface area contributed by atoms with Crippen LogP contribution in [0.1, 0.15) is 86.0 Å². The molecular formula is C23H38O3. The number of hydrogen-bond acceptors (Lipinski definition) is 3. The molecule has 3 heteroatoms. The van der Waals surface area contributed by atoms with E-state index >= 15 is 0 Å². The van der Waals surface area contributed by atoms with E-state index in [0.717, 1.165) is 24.7 Å². The van der Waals surface area contributed by atoms with Gasteiger partial charge in [0.2, 0.25) is 0 Å². The zero-order valence-electron chi connectivity index (χ0n) is 17.4. The second kappa shape index (κ2) is 5.96. The fourth-order valence-corrected chi connectivity index (χ4v) is 8.44. The van der Waals surface area contributed by atoms with Crippen molar-refractivity contribution < 1.29 is 14.6 Å². The lowest BCUT2D eigenvalue weighted by Crippen LogP contribution is -2.59. The lowest BCUT2D eigenvalue weighted by Gasteiger charge is -2.64. The maximum absolute atomic E-state index is 11.6. The second-order valence-electron chi connectivity index (χ2n) is 11.1. The molecule has 0 aromatic rings. The third-order valence-electron chi connectivity index (χ3n) is 9.80. The predicted octanol–water partition coefficient (Wildman–Crippen LogP) is 4.96. The summed E-state index contributed by atoms with van der Waals surface area (Å²) in [5, 5.41) is 10.6. The number of aliphatic hydroxyl groups excluding tert-OH is 1. The Morgan fingerprint density at radius 2 is 1.54 bits per heavy atom. The van der Waals surface area contributed by atoms with Crippen molar-refractivity contribution in [2.24, 2.45) is 39.9 Å². The van der Waals surface area contributed by atoms with Crippen molar-refractivity contribution in [1.29, 1.82) is 0 Å². The number of fused-ring (bicyclic) bond motifs is 5. The van der Waals surface area contributed by atoms with Crippen molar-refractivity contribution >= 4 is 5.97 Å². The number of esters is 1. The molecule has 0 heterocycles. The highest BCUT2D eigenvalue weighted by molar-refractivity contribution is 5.66. The summed E-state index contributed by atoms with van der Waals surface area (Å²) in [5.74, 6) is 2.79. The fourth-order valence-electron chi connectivity index (χ4n) is 8.44. The van der Waals surface area contributed by atoms with Crippen molar-refractivity contribution in [3.63, 3.8) is 0 Å². The zero-order valence-corrected chi connectivity index (χ0v) is 17.4. The lowest BCUT2D eigenvalue weighted by atomic mass is 9.41. The predicted molar refractivity (Wildman–Crippen MR) is 102 cm³/mol. The van der Waals surface area contributed by atoms with Crippen LogP contribution in [0.4, 0.5) is 0 Å². The Hall–Kier alpha value is -0.570. The Morgan fingerprint density at radius 1 is 0.885 bits per heavy atom. The van der Waals surface area contributed by atoms with Crippen LogP contribution in [0, 0.1) is 39.9 Å². The molecule has 4 fully saturated rings. The van der Waals surface area contributed by atoms with Gasteiger partial charge >= 0.3 is 5.97 Å². The van der Waals surface area contributed by atoms with Crippen molar-refractivity contribution in [2.75, 3.05) is 0 Å². The van der Waals surface area contributed by atoms with Crippen LogP contribution in [0.15, 0.2) is 0 Å². The number of carbonyl (C=O) groups is 1. The maximum Gasteiger partial charge on any atom is 0.302 e. The molecule has 0 aromatic heterocycles. The molecule has 3 unspecified atom stereocenters. The topological polar surface area (TPSA) is 46.5 Å². The molecular weight excluding hydrogens is 324 g/mol. The molecule has 1 N–H and O–H groups in total. The quantitative estimate of drug-likeness (QED) is 0.671. The van der Waals surface area contributed by atoms with E-state index in [4.69, 9.17) is 4.74 Å². The van der Waals surface area contributed by atoms with E-state index in [1.54, 1.807) is 6.92 Å². The van der Waals surface area contributed by atoms with E-state index < -0.39 is 0 Å². The van der Waals surface area contributed by atoms with Gasteiger partial charge in [-0.1, -0.05) is 27.7 Å². The number of rotatable bonds is 1. The summed E-state index contributed by atoms with van der Waals surface area (Å²) >= 11 is 0. The van der Waals surface area contributed by atoms with Crippen molar-refractivity contribution in [3.05, 3.63) is 0 Å². The van der Waals surface area contributed by atoms with Gasteiger partial charge in [0.25, 0.3) is 0 Å². The standard InChI is InChI=1S/C23H38O3/c1-14(24)26-20-9-7-16-15-6-8-18-21(2,3)19(25)11-13-22(18,4)17(15)10-12-23(16,20)5/h15-20,25H,6-13H2,1-5H3/t15-,16-,17-,18?,19?,20?,22+,23-/m0/s1. The number of ether oxygens (including phenoxy) is 1. The van der Waals surface area contributed by atoms with Crippen LogP contribution in [0.5, 0.6) is 0 Å². The molecule has 0 saturated heterocycles. The molecule has 0 spiro atoms. The van der Waals surface area contributed by atoms with Gasteiger partial charge in [0.1, 0.15) is 6.10 Å². The smallest absolute Gasteiger partial charge is 0.302 e. The first-order valence-electron chi connectivity index (χ1n) is 11.0. The van der Waals surface area contributed by atoms with Crippen molar-refractivity contribution in [3.8, 4) is 0 Å². The molecule has 0 bridgehead atoms. The van der Waals surface area contributed by atoms with E-state index in [2.05, 4.69) is 27.7 Å². The van der Waals surface area contributed by atoms with Crippen LogP contribution in [0.2, 0.25) is 0 Å². The Bertz CT molecular complexity index is 584. The average Bonchev–Trinajstić information content (AvgIpc) is 2.88. The molecule has 0 aromatic carbocycles. The summed E-state index contributed by atoms with van der Waals surface area (Å²) in [4.78, 5) is 11.6. The summed E-state index contributed by atoms with van der Waals surface area (Å²) in [5.41, 5.74) is 0.584. The van der Waals surface area contributed by atoms with Crippen LogP contribution in [0.3, 0.4) is 0 Å². The second-order valence-corrected chi connectivity index (χ2v) is 11.1. The molecule has 4 rings (SSSR count). The highest BCUT2D eigenvalue weighted by Gasteiger charge is 2.63. The highest BCUT2D eigenvalue weighted by atomic mass is 16.5. The molecule has 0 radical (unpaired) electrons. The molecule has 148 valence electrons. The van der Waals surface area contributed by atoms with Crippen LogP contribution >= 0.6 is 0 Å². The minimum Gasteiger partial charge on any atom is -0.462 e. The zero-order chi connectivity index (χ0) is 18.9. The van der Waals surface area contributed by atoms with E-state index in [-0.39, 0.29) is 29.0 Å². The minimum atomic E-state index is -0.147. The molecule has 0 aliphatic heterocycles. The van der Waals surface area contributed by atoms with Crippen LogP contribution in [-0.4, -0.2) is 23.3 Å². The Balaban J connectivity index is 1.61. The highest BCUT2D eigenvalue weighted by Crippen LogP contribution is 2.68. The van der Waals surface area contributed by atoms with E-state index in [1.807, 2.05) is 0 Å². The largest absolute Gasteiger partial charge is 0.462 e. The Morgan fingerprint density at radius 3 is 2.23 bits per heavy atom. The van der Waals surface area contributed by atoms with E-state index in [9.17, 15) is 9.90 Å². The van der Waals surface area contributed by atoms with Gasteiger partial charge in [-0.05, 0) is 85.9 Å². The lowest BCUT2D eigenvalue weighted by molar-refractivity contribution is -0.185. The van der Waals surface area contributed by atoms with Gasteiger partial charge < -0.3 is 9.84 Å². The summed E-state index contributed by atoms with van der Waals surface area (Å²) in [6, 6.07) is 0. The van der Waals surface area contributed by atoms with Gasteiger partial charge in [0.15, 0.2) is 0 Å². The van der Waals surface area contributed by atoms with Crippen molar-refractivity contribution in [2.45, 2.75) is 98.2 Å². The number of aliphatic hydroxyl groups is 1. The Labute approximate surface area is 159 Å². The first kappa shape index (κ1) is 18.8. The van der Waals surface area contributed by atoms with Crippen LogP contribution in [0.25, 0.3) is 0 Å². The van der Waals surface area contributed by atoms with Gasteiger partial charge in [-0.15, -0.1) is 0 Å². The summed E-state index contributed by atoms with van der Waals surface area (Å²) in [7, 11) is 0. The van der Waals surface area contributed by atoms with Crippen LogP contribution < -0.4 is 0 Å². The van der Waals surface area contributed by atoms with Gasteiger partial charge in [-0.2, -0.15) is 0 Å². The van der Waals surface area contributed by atoms with Gasteiger partial charge in [-0.25, -0.2) is 0 Å². The van der Waals surface area contributed by atoms with Gasteiger partial charge in [0.05, 0.1) is 6.10 Å². The summed E-state index contributed by atoms with van der Waals surface area (Å²) in [6.45, 7) is 11.1. The fraction of sp³-hybridized carbons (Fsp3) is 0.957. The molecule has 8 atom stereocenters. The Kier molecular flexibility index (Phi) is 4.31. The maximum atomic E-state index is 11.6. The third kappa shape index (κ3) is 2.45. The van der Waals surface area contributed by atoms with Gasteiger partial charge in [-0.3, -0.25) is 4.79 Å². The molecule has 0 amide bonds. The average molecular weight is 363 g/mol. The minimum absolute atomic E-state index is 0.0364. The monoisotopic (exact) mass is 362 g/mol. The number of hydrogen-bond donors (Lipinski definition) is 1. The third-order valence-corrected chi connectivity index (χ3v) is 9.80. The van der Waals surface area contributed by atoms with Gasteiger partial charge in [0, 0.05) is 12.3 Å². The van der Waals surface area contributed by atoms with Crippen molar-refractivity contribution in [1.82, 2.24) is 0 Å². The van der Waals surface area contributed by atoms with Crippen LogP contribution in [-0.2, 0) is 9.53 Å². The van der Waals surface area contributed by atoms with E-state index in [1.165, 1.54) is 38.5 Å².